The molecule has 18 heavy (non-hydrogen) atoms. The van der Waals surface area contributed by atoms with Crippen molar-refractivity contribution >= 4 is 17.3 Å². The van der Waals surface area contributed by atoms with Crippen molar-refractivity contribution in [2.75, 3.05) is 31.6 Å². The van der Waals surface area contributed by atoms with E-state index in [4.69, 9.17) is 11.6 Å². The first-order valence-corrected chi connectivity index (χ1v) is 6.95. The Hall–Kier alpha value is -0.800. The summed E-state index contributed by atoms with van der Waals surface area (Å²) < 4.78 is 0. The zero-order valence-electron chi connectivity index (χ0n) is 11.7. The van der Waals surface area contributed by atoms with Crippen molar-refractivity contribution in [1.29, 1.82) is 0 Å². The van der Waals surface area contributed by atoms with Crippen LogP contribution in [0.2, 0.25) is 0 Å². The smallest absolute Gasteiger partial charge is 0.0509 e. The van der Waals surface area contributed by atoms with E-state index < -0.39 is 0 Å². The number of hydrogen-bond donors (Lipinski definition) is 0. The van der Waals surface area contributed by atoms with Crippen molar-refractivity contribution in [3.05, 3.63) is 23.5 Å². The van der Waals surface area contributed by atoms with Crippen LogP contribution in [-0.4, -0.2) is 42.1 Å². The fraction of sp³-hybridized carbons (Fsp3) is 0.643. The fourth-order valence-electron chi connectivity index (χ4n) is 2.42. The number of aromatic nitrogens is 1. The first-order chi connectivity index (χ1) is 8.44. The third kappa shape index (κ3) is 2.62. The van der Waals surface area contributed by atoms with Crippen molar-refractivity contribution < 1.29 is 0 Å². The molecule has 0 atom stereocenters. The van der Waals surface area contributed by atoms with E-state index in [9.17, 15) is 0 Å². The van der Waals surface area contributed by atoms with Crippen molar-refractivity contribution in [3.63, 3.8) is 0 Å². The zero-order chi connectivity index (χ0) is 13.3. The molecule has 0 bridgehead atoms. The van der Waals surface area contributed by atoms with Gasteiger partial charge < -0.3 is 4.90 Å². The van der Waals surface area contributed by atoms with E-state index in [0.29, 0.717) is 5.88 Å². The Morgan fingerprint density at radius 1 is 1.39 bits per heavy atom. The average Bonchev–Trinajstić information content (AvgIpc) is 2.32. The number of aryl methyl sites for hydroxylation is 1. The zero-order valence-corrected chi connectivity index (χ0v) is 12.5. The van der Waals surface area contributed by atoms with Gasteiger partial charge >= 0.3 is 0 Å². The van der Waals surface area contributed by atoms with E-state index in [2.05, 4.69) is 41.7 Å². The van der Waals surface area contributed by atoms with Gasteiger partial charge in [-0.15, -0.1) is 11.6 Å². The van der Waals surface area contributed by atoms with Crippen LogP contribution in [-0.2, 0) is 5.88 Å². The normalized spacial score (nSPS) is 20.2. The summed E-state index contributed by atoms with van der Waals surface area (Å²) in [5.74, 6) is 0.523. The summed E-state index contributed by atoms with van der Waals surface area (Å²) in [6, 6.07) is 2.15. The quantitative estimate of drug-likeness (QED) is 0.768. The second-order valence-electron chi connectivity index (χ2n) is 5.74. The molecule has 1 aliphatic rings. The monoisotopic (exact) mass is 267 g/mol. The van der Waals surface area contributed by atoms with Gasteiger partial charge in [0.15, 0.2) is 0 Å². The average molecular weight is 268 g/mol. The molecular weight excluding hydrogens is 246 g/mol. The second-order valence-corrected chi connectivity index (χ2v) is 6.01. The molecule has 3 nitrogen and oxygen atoms in total. The fourth-order valence-corrected chi connectivity index (χ4v) is 2.62. The van der Waals surface area contributed by atoms with Gasteiger partial charge in [-0.3, -0.25) is 9.88 Å². The molecular formula is C14H22ClN3. The van der Waals surface area contributed by atoms with Crippen molar-refractivity contribution in [2.45, 2.75) is 32.2 Å². The maximum absolute atomic E-state index is 6.03. The molecule has 0 amide bonds. The van der Waals surface area contributed by atoms with Crippen LogP contribution >= 0.6 is 11.6 Å². The molecule has 0 radical (unpaired) electrons. The van der Waals surface area contributed by atoms with E-state index in [1.54, 1.807) is 0 Å². The van der Waals surface area contributed by atoms with Gasteiger partial charge in [0.1, 0.15) is 0 Å². The summed E-state index contributed by atoms with van der Waals surface area (Å²) in [7, 11) is 2.19. The Bertz CT molecular complexity index is 431. The van der Waals surface area contributed by atoms with E-state index >= 15 is 0 Å². The Labute approximate surface area is 115 Å². The molecule has 100 valence electrons. The largest absolute Gasteiger partial charge is 0.368 e. The predicted molar refractivity (Wildman–Crippen MR) is 77.5 cm³/mol. The maximum atomic E-state index is 6.03. The number of pyridine rings is 1. The van der Waals surface area contributed by atoms with Gasteiger partial charge in [0, 0.05) is 48.3 Å². The third-order valence-electron chi connectivity index (χ3n) is 3.90. The number of anilines is 1. The summed E-state index contributed by atoms with van der Waals surface area (Å²) in [5.41, 5.74) is 3.62. The Balaban J connectivity index is 2.29. The number of rotatable bonds is 2. The first kappa shape index (κ1) is 13.6. The SMILES string of the molecule is Cc1cc(N2CCN(C)C(C)(C)C2)c(CCl)cn1. The number of halogens is 1. The summed E-state index contributed by atoms with van der Waals surface area (Å²) in [6.45, 7) is 9.75. The first-order valence-electron chi connectivity index (χ1n) is 6.42. The molecule has 0 unspecified atom stereocenters. The van der Waals surface area contributed by atoms with Crippen LogP contribution in [0.1, 0.15) is 25.1 Å². The third-order valence-corrected chi connectivity index (χ3v) is 4.19. The molecule has 0 aliphatic carbocycles. The molecule has 0 saturated carbocycles. The molecule has 0 aromatic carbocycles. The number of alkyl halides is 1. The van der Waals surface area contributed by atoms with Crippen LogP contribution < -0.4 is 4.90 Å². The van der Waals surface area contributed by atoms with Crippen molar-refractivity contribution in [2.24, 2.45) is 0 Å². The molecule has 2 rings (SSSR count). The van der Waals surface area contributed by atoms with E-state index in [1.165, 1.54) is 5.69 Å². The minimum atomic E-state index is 0.193. The number of piperazine rings is 1. The molecule has 1 saturated heterocycles. The van der Waals surface area contributed by atoms with Gasteiger partial charge in [0.2, 0.25) is 0 Å². The Morgan fingerprint density at radius 3 is 2.72 bits per heavy atom. The van der Waals surface area contributed by atoms with E-state index in [0.717, 1.165) is 30.9 Å². The number of hydrogen-bond acceptors (Lipinski definition) is 3. The van der Waals surface area contributed by atoms with Crippen molar-refractivity contribution in [1.82, 2.24) is 9.88 Å². The molecule has 1 aliphatic heterocycles. The lowest BCUT2D eigenvalue weighted by Gasteiger charge is -2.46. The topological polar surface area (TPSA) is 19.4 Å². The maximum Gasteiger partial charge on any atom is 0.0509 e. The number of nitrogens with zero attached hydrogens (tertiary/aromatic N) is 3. The minimum Gasteiger partial charge on any atom is -0.368 e. The molecule has 1 aromatic rings. The van der Waals surface area contributed by atoms with Crippen LogP contribution in [0.15, 0.2) is 12.3 Å². The molecule has 0 N–H and O–H groups in total. The van der Waals surface area contributed by atoms with Crippen LogP contribution in [0, 0.1) is 6.92 Å². The summed E-state index contributed by atoms with van der Waals surface area (Å²) in [4.78, 5) is 9.19. The minimum absolute atomic E-state index is 0.193. The predicted octanol–water partition coefficient (Wildman–Crippen LogP) is 2.66. The van der Waals surface area contributed by atoms with Crippen LogP contribution in [0.25, 0.3) is 0 Å². The van der Waals surface area contributed by atoms with Gasteiger partial charge in [-0.1, -0.05) is 0 Å². The van der Waals surface area contributed by atoms with Gasteiger partial charge in [-0.2, -0.15) is 0 Å². The summed E-state index contributed by atoms with van der Waals surface area (Å²) in [5, 5.41) is 0. The second kappa shape index (κ2) is 5.06. The lowest BCUT2D eigenvalue weighted by Crippen LogP contribution is -2.57. The van der Waals surface area contributed by atoms with Crippen LogP contribution in [0.3, 0.4) is 0 Å². The Kier molecular flexibility index (Phi) is 3.83. The standard InChI is InChI=1S/C14H22ClN3/c1-11-7-13(12(8-15)9-16-11)18-6-5-17(4)14(2,3)10-18/h7,9H,5-6,8,10H2,1-4H3. The molecule has 4 heteroatoms. The highest BCUT2D eigenvalue weighted by molar-refractivity contribution is 6.17. The van der Waals surface area contributed by atoms with Gasteiger partial charge in [-0.05, 0) is 33.9 Å². The lowest BCUT2D eigenvalue weighted by atomic mass is 9.99. The molecule has 0 spiro atoms. The van der Waals surface area contributed by atoms with Gasteiger partial charge in [-0.25, -0.2) is 0 Å². The van der Waals surface area contributed by atoms with Crippen LogP contribution in [0.4, 0.5) is 5.69 Å². The summed E-state index contributed by atoms with van der Waals surface area (Å²) in [6.07, 6.45) is 1.91. The Morgan fingerprint density at radius 2 is 2.11 bits per heavy atom. The highest BCUT2D eigenvalue weighted by Gasteiger charge is 2.31. The molecule has 2 heterocycles. The van der Waals surface area contributed by atoms with Gasteiger partial charge in [0.25, 0.3) is 0 Å². The summed E-state index contributed by atoms with van der Waals surface area (Å²) >= 11 is 6.03. The molecule has 1 fully saturated rings. The van der Waals surface area contributed by atoms with Crippen LogP contribution in [0.5, 0.6) is 0 Å². The lowest BCUT2D eigenvalue weighted by molar-refractivity contribution is 0.139. The van der Waals surface area contributed by atoms with E-state index in [1.807, 2.05) is 13.1 Å². The number of likely N-dealkylation sites (N-methyl/N-ethyl adjacent to an activating group) is 1. The highest BCUT2D eigenvalue weighted by Crippen LogP contribution is 2.28. The molecule has 1 aromatic heterocycles. The van der Waals surface area contributed by atoms with Crippen molar-refractivity contribution in [3.8, 4) is 0 Å². The van der Waals surface area contributed by atoms with E-state index in [-0.39, 0.29) is 5.54 Å². The highest BCUT2D eigenvalue weighted by atomic mass is 35.5. The van der Waals surface area contributed by atoms with Gasteiger partial charge in [0.05, 0.1) is 5.88 Å².